The van der Waals surface area contributed by atoms with Crippen molar-refractivity contribution in [2.45, 2.75) is 5.16 Å². The summed E-state index contributed by atoms with van der Waals surface area (Å²) in [5.74, 6) is -0.475. The van der Waals surface area contributed by atoms with Gasteiger partial charge in [-0.3, -0.25) is 14.6 Å². The minimum atomic E-state index is -0.393. The maximum atomic E-state index is 12.8. The Labute approximate surface area is 128 Å². The second kappa shape index (κ2) is 5.72. The van der Waals surface area contributed by atoms with Gasteiger partial charge in [0, 0.05) is 12.6 Å². The standard InChI is InChI=1S/C14H11FN4O2S/c1-19-7-16-12-11(19)13(21)18-14(17-12)22-6-10(20)8-2-4-9(15)5-3-8/h2-5,7H,6H2,1H3,(H,17,18,21). The number of benzene rings is 1. The fraction of sp³-hybridized carbons (Fsp3) is 0.143. The van der Waals surface area contributed by atoms with Crippen molar-refractivity contribution >= 4 is 28.7 Å². The van der Waals surface area contributed by atoms with E-state index in [-0.39, 0.29) is 17.1 Å². The van der Waals surface area contributed by atoms with Gasteiger partial charge < -0.3 is 4.57 Å². The quantitative estimate of drug-likeness (QED) is 0.450. The lowest BCUT2D eigenvalue weighted by molar-refractivity contribution is 0.102. The van der Waals surface area contributed by atoms with Crippen LogP contribution in [0.4, 0.5) is 4.39 Å². The molecule has 2 heterocycles. The van der Waals surface area contributed by atoms with E-state index in [1.165, 1.54) is 30.6 Å². The summed E-state index contributed by atoms with van der Waals surface area (Å²) in [6.07, 6.45) is 1.50. The minimum absolute atomic E-state index is 0.0902. The van der Waals surface area contributed by atoms with Crippen LogP contribution in [0.1, 0.15) is 10.4 Å². The molecule has 0 saturated carbocycles. The summed E-state index contributed by atoms with van der Waals surface area (Å²) in [4.78, 5) is 34.8. The number of halogens is 1. The van der Waals surface area contributed by atoms with Crippen LogP contribution in [-0.2, 0) is 7.05 Å². The number of thioether (sulfide) groups is 1. The van der Waals surface area contributed by atoms with Crippen molar-refractivity contribution in [3.63, 3.8) is 0 Å². The fourth-order valence-electron chi connectivity index (χ4n) is 1.96. The molecule has 0 amide bonds. The monoisotopic (exact) mass is 318 g/mol. The number of nitrogens with zero attached hydrogens (tertiary/aromatic N) is 3. The molecule has 1 N–H and O–H groups in total. The van der Waals surface area contributed by atoms with Gasteiger partial charge in [0.15, 0.2) is 22.1 Å². The molecular weight excluding hydrogens is 307 g/mol. The van der Waals surface area contributed by atoms with Crippen LogP contribution in [-0.4, -0.2) is 31.1 Å². The van der Waals surface area contributed by atoms with Gasteiger partial charge in [0.1, 0.15) is 5.82 Å². The molecule has 0 aliphatic rings. The number of aromatic nitrogens is 4. The van der Waals surface area contributed by atoms with Crippen LogP contribution < -0.4 is 5.56 Å². The highest BCUT2D eigenvalue weighted by Gasteiger charge is 2.11. The van der Waals surface area contributed by atoms with Crippen molar-refractivity contribution in [1.82, 2.24) is 19.5 Å². The first-order valence-corrected chi connectivity index (χ1v) is 7.36. The Morgan fingerprint density at radius 3 is 2.82 bits per heavy atom. The predicted molar refractivity (Wildman–Crippen MR) is 80.6 cm³/mol. The number of aryl methyl sites for hydroxylation is 1. The molecule has 22 heavy (non-hydrogen) atoms. The Bertz CT molecular complexity index is 901. The summed E-state index contributed by atoms with van der Waals surface area (Å²) in [5, 5.41) is 0.326. The number of hydrogen-bond donors (Lipinski definition) is 1. The van der Waals surface area contributed by atoms with Gasteiger partial charge in [-0.2, -0.15) is 0 Å². The average molecular weight is 318 g/mol. The average Bonchev–Trinajstić information content (AvgIpc) is 2.87. The van der Waals surface area contributed by atoms with Gasteiger partial charge in [0.25, 0.3) is 5.56 Å². The van der Waals surface area contributed by atoms with E-state index in [1.807, 2.05) is 0 Å². The first kappa shape index (κ1) is 14.5. The van der Waals surface area contributed by atoms with Gasteiger partial charge in [-0.05, 0) is 24.3 Å². The lowest BCUT2D eigenvalue weighted by Gasteiger charge is -2.01. The number of H-pyrrole nitrogens is 1. The molecule has 8 heteroatoms. The number of rotatable bonds is 4. The zero-order chi connectivity index (χ0) is 15.7. The number of aromatic amines is 1. The molecule has 3 aromatic rings. The van der Waals surface area contributed by atoms with Crippen molar-refractivity contribution in [3.8, 4) is 0 Å². The smallest absolute Gasteiger partial charge is 0.277 e. The summed E-state index contributed by atoms with van der Waals surface area (Å²) < 4.78 is 14.4. The van der Waals surface area contributed by atoms with E-state index >= 15 is 0 Å². The number of carbonyl (C=O) groups is 1. The number of Topliss-reactive ketones (excluding diaryl/α,β-unsaturated/α-hetero) is 1. The van der Waals surface area contributed by atoms with Gasteiger partial charge in [-0.25, -0.2) is 14.4 Å². The van der Waals surface area contributed by atoms with Crippen LogP contribution >= 0.6 is 11.8 Å². The highest BCUT2D eigenvalue weighted by molar-refractivity contribution is 7.99. The van der Waals surface area contributed by atoms with E-state index in [4.69, 9.17) is 0 Å². The van der Waals surface area contributed by atoms with E-state index in [2.05, 4.69) is 15.0 Å². The van der Waals surface area contributed by atoms with Crippen molar-refractivity contribution in [2.24, 2.45) is 7.05 Å². The SMILES string of the molecule is Cn1cnc2nc(SCC(=O)c3ccc(F)cc3)[nH]c(=O)c21. The summed E-state index contributed by atoms with van der Waals surface area (Å²) >= 11 is 1.11. The van der Waals surface area contributed by atoms with Crippen LogP contribution in [0.3, 0.4) is 0 Å². The van der Waals surface area contributed by atoms with E-state index in [9.17, 15) is 14.0 Å². The van der Waals surface area contributed by atoms with Crippen LogP contribution in [0.5, 0.6) is 0 Å². The fourth-order valence-corrected chi connectivity index (χ4v) is 2.71. The van der Waals surface area contributed by atoms with Crippen LogP contribution in [0.15, 0.2) is 40.5 Å². The molecule has 0 spiro atoms. The van der Waals surface area contributed by atoms with Crippen molar-refractivity contribution in [3.05, 3.63) is 52.3 Å². The topological polar surface area (TPSA) is 80.6 Å². The number of imidazole rings is 1. The molecule has 6 nitrogen and oxygen atoms in total. The molecule has 3 rings (SSSR count). The molecule has 0 aliphatic carbocycles. The van der Waals surface area contributed by atoms with Crippen LogP contribution in [0.2, 0.25) is 0 Å². The summed E-state index contributed by atoms with van der Waals surface area (Å²) in [6, 6.07) is 5.32. The molecule has 0 fully saturated rings. The number of fused-ring (bicyclic) bond motifs is 1. The van der Waals surface area contributed by atoms with Crippen molar-refractivity contribution in [2.75, 3.05) is 5.75 Å². The lowest BCUT2D eigenvalue weighted by atomic mass is 10.1. The molecule has 1 aromatic carbocycles. The maximum Gasteiger partial charge on any atom is 0.277 e. The number of hydrogen-bond acceptors (Lipinski definition) is 5. The molecule has 0 unspecified atom stereocenters. The number of carbonyl (C=O) groups excluding carboxylic acids is 1. The minimum Gasteiger partial charge on any atom is -0.328 e. The largest absolute Gasteiger partial charge is 0.328 e. The molecular formula is C14H11FN4O2S. The Morgan fingerprint density at radius 1 is 1.36 bits per heavy atom. The van der Waals surface area contributed by atoms with Crippen molar-refractivity contribution in [1.29, 1.82) is 0 Å². The molecule has 0 aliphatic heterocycles. The zero-order valence-electron chi connectivity index (χ0n) is 11.5. The van der Waals surface area contributed by atoms with Crippen molar-refractivity contribution < 1.29 is 9.18 Å². The second-order valence-corrected chi connectivity index (χ2v) is 5.58. The first-order chi connectivity index (χ1) is 10.5. The predicted octanol–water partition coefficient (Wildman–Crippen LogP) is 1.77. The van der Waals surface area contributed by atoms with Gasteiger partial charge in [0.2, 0.25) is 0 Å². The Hall–Kier alpha value is -2.48. The Morgan fingerprint density at radius 2 is 2.09 bits per heavy atom. The molecule has 0 radical (unpaired) electrons. The summed E-state index contributed by atoms with van der Waals surface area (Å²) in [5.41, 5.74) is 0.828. The number of ketones is 1. The summed E-state index contributed by atoms with van der Waals surface area (Å²) in [6.45, 7) is 0. The molecule has 0 atom stereocenters. The van der Waals surface area contributed by atoms with Gasteiger partial charge in [-0.1, -0.05) is 11.8 Å². The third-order valence-electron chi connectivity index (χ3n) is 3.07. The third kappa shape index (κ3) is 2.77. The van der Waals surface area contributed by atoms with Gasteiger partial charge in [-0.15, -0.1) is 0 Å². The van der Waals surface area contributed by atoms with E-state index in [0.29, 0.717) is 21.9 Å². The van der Waals surface area contributed by atoms with Gasteiger partial charge >= 0.3 is 0 Å². The number of nitrogens with one attached hydrogen (secondary N) is 1. The van der Waals surface area contributed by atoms with Crippen LogP contribution in [0.25, 0.3) is 11.2 Å². The van der Waals surface area contributed by atoms with Gasteiger partial charge in [0.05, 0.1) is 12.1 Å². The molecule has 0 bridgehead atoms. The summed E-state index contributed by atoms with van der Waals surface area (Å²) in [7, 11) is 1.71. The molecule has 2 aromatic heterocycles. The highest BCUT2D eigenvalue weighted by atomic mass is 32.2. The normalized spacial score (nSPS) is 11.0. The van der Waals surface area contributed by atoms with E-state index in [1.54, 1.807) is 11.6 Å². The highest BCUT2D eigenvalue weighted by Crippen LogP contribution is 2.16. The Kier molecular flexibility index (Phi) is 3.76. The molecule has 0 saturated heterocycles. The first-order valence-electron chi connectivity index (χ1n) is 6.37. The lowest BCUT2D eigenvalue weighted by Crippen LogP contribution is -2.12. The van der Waals surface area contributed by atoms with E-state index < -0.39 is 5.82 Å². The third-order valence-corrected chi connectivity index (χ3v) is 3.94. The Balaban J connectivity index is 1.77. The molecule has 112 valence electrons. The zero-order valence-corrected chi connectivity index (χ0v) is 12.4. The van der Waals surface area contributed by atoms with Crippen LogP contribution in [0, 0.1) is 5.82 Å². The van der Waals surface area contributed by atoms with E-state index in [0.717, 1.165) is 11.8 Å². The second-order valence-electron chi connectivity index (χ2n) is 4.62. The maximum absolute atomic E-state index is 12.8.